The van der Waals surface area contributed by atoms with Crippen molar-refractivity contribution in [3.63, 3.8) is 0 Å². The van der Waals surface area contributed by atoms with Crippen LogP contribution in [0.15, 0.2) is 28.1 Å². The Kier molecular flexibility index (Phi) is 8.47. The fraction of sp³-hybridized carbons (Fsp3) is 0.600. The van der Waals surface area contributed by atoms with E-state index in [0.717, 1.165) is 49.8 Å². The lowest BCUT2D eigenvalue weighted by Gasteiger charge is -2.34. The minimum atomic E-state index is -0.0882. The second-order valence-electron chi connectivity index (χ2n) is 7.04. The third kappa shape index (κ3) is 6.70. The second kappa shape index (κ2) is 11.3. The Morgan fingerprint density at radius 3 is 2.79 bits per heavy atom. The molecule has 2 aromatic heterocycles. The molecule has 0 aromatic carbocycles. The van der Waals surface area contributed by atoms with E-state index in [1.807, 2.05) is 23.6 Å². The van der Waals surface area contributed by atoms with Gasteiger partial charge in [-0.15, -0.1) is 11.3 Å². The molecule has 1 saturated heterocycles. The molecule has 3 rings (SSSR count). The maximum Gasteiger partial charge on any atom is 0.246 e. The summed E-state index contributed by atoms with van der Waals surface area (Å²) in [4.78, 5) is 17.9. The van der Waals surface area contributed by atoms with Gasteiger partial charge in [-0.05, 0) is 37.4 Å². The molecule has 0 spiro atoms. The van der Waals surface area contributed by atoms with Crippen molar-refractivity contribution in [2.24, 2.45) is 0 Å². The van der Waals surface area contributed by atoms with Gasteiger partial charge < -0.3 is 24.4 Å². The summed E-state index contributed by atoms with van der Waals surface area (Å²) < 4.78 is 10.7. The zero-order chi connectivity index (χ0) is 19.6. The van der Waals surface area contributed by atoms with E-state index in [9.17, 15) is 4.79 Å². The van der Waals surface area contributed by atoms with Crippen LogP contribution in [0.1, 0.15) is 25.5 Å². The van der Waals surface area contributed by atoms with Crippen molar-refractivity contribution >= 4 is 17.2 Å². The Balaban J connectivity index is 1.23. The summed E-state index contributed by atoms with van der Waals surface area (Å²) in [5, 5.41) is 8.89. The molecule has 154 valence electrons. The number of nitrogens with one attached hydrogen (secondary N) is 1. The van der Waals surface area contributed by atoms with Gasteiger partial charge in [0.25, 0.3) is 0 Å². The van der Waals surface area contributed by atoms with E-state index >= 15 is 0 Å². The molecular weight excluding hydrogens is 376 g/mol. The number of aromatic nitrogens is 1. The summed E-state index contributed by atoms with van der Waals surface area (Å²) in [6, 6.07) is 5.80. The highest BCUT2D eigenvalue weighted by atomic mass is 32.1. The predicted molar refractivity (Wildman–Crippen MR) is 110 cm³/mol. The van der Waals surface area contributed by atoms with Gasteiger partial charge in [0.05, 0.1) is 11.5 Å². The SMILES string of the molecule is CCCN1CCN(CCCNC(=O)COCc2cc(-c3cccs3)on2)CC1. The van der Waals surface area contributed by atoms with Crippen LogP contribution in [0.25, 0.3) is 10.6 Å². The van der Waals surface area contributed by atoms with E-state index < -0.39 is 0 Å². The van der Waals surface area contributed by atoms with Crippen molar-refractivity contribution in [2.45, 2.75) is 26.4 Å². The van der Waals surface area contributed by atoms with Gasteiger partial charge in [0, 0.05) is 38.8 Å². The van der Waals surface area contributed by atoms with Crippen molar-refractivity contribution < 1.29 is 14.1 Å². The number of ether oxygens (including phenoxy) is 1. The smallest absolute Gasteiger partial charge is 0.246 e. The van der Waals surface area contributed by atoms with Crippen LogP contribution in [0.3, 0.4) is 0 Å². The topological polar surface area (TPSA) is 70.8 Å². The first kappa shape index (κ1) is 21.0. The highest BCUT2D eigenvalue weighted by molar-refractivity contribution is 7.13. The van der Waals surface area contributed by atoms with Gasteiger partial charge in [-0.25, -0.2) is 0 Å². The number of nitrogens with zero attached hydrogens (tertiary/aromatic N) is 3. The predicted octanol–water partition coefficient (Wildman–Crippen LogP) is 2.45. The minimum absolute atomic E-state index is 0.0386. The molecule has 1 fully saturated rings. The summed E-state index contributed by atoms with van der Waals surface area (Å²) >= 11 is 1.60. The molecule has 8 heteroatoms. The van der Waals surface area contributed by atoms with Crippen molar-refractivity contribution in [1.29, 1.82) is 0 Å². The lowest BCUT2D eigenvalue weighted by atomic mass is 10.2. The van der Waals surface area contributed by atoms with Gasteiger partial charge in [0.15, 0.2) is 5.76 Å². The Morgan fingerprint density at radius 2 is 2.07 bits per heavy atom. The molecule has 1 aliphatic heterocycles. The van der Waals surface area contributed by atoms with E-state index in [4.69, 9.17) is 9.26 Å². The summed E-state index contributed by atoms with van der Waals surface area (Å²) in [6.07, 6.45) is 2.19. The van der Waals surface area contributed by atoms with Crippen LogP contribution < -0.4 is 5.32 Å². The van der Waals surface area contributed by atoms with Crippen LogP contribution in [-0.2, 0) is 16.1 Å². The Bertz CT molecular complexity index is 696. The number of carbonyl (C=O) groups excluding carboxylic acids is 1. The van der Waals surface area contributed by atoms with Gasteiger partial charge in [-0.3, -0.25) is 4.79 Å². The summed E-state index contributed by atoms with van der Waals surface area (Å²) in [5.41, 5.74) is 0.693. The molecule has 0 bridgehead atoms. The Hall–Kier alpha value is -1.74. The van der Waals surface area contributed by atoms with Gasteiger partial charge >= 0.3 is 0 Å². The first-order valence-corrected chi connectivity index (χ1v) is 10.9. The number of amides is 1. The molecular formula is C20H30N4O3S. The summed E-state index contributed by atoms with van der Waals surface area (Å²) in [7, 11) is 0. The van der Waals surface area contributed by atoms with Gasteiger partial charge in [0.1, 0.15) is 12.3 Å². The molecule has 0 radical (unpaired) electrons. The van der Waals surface area contributed by atoms with E-state index in [-0.39, 0.29) is 19.1 Å². The molecule has 1 N–H and O–H groups in total. The lowest BCUT2D eigenvalue weighted by molar-refractivity contribution is -0.126. The largest absolute Gasteiger partial charge is 0.365 e. The van der Waals surface area contributed by atoms with Crippen LogP contribution in [-0.4, -0.2) is 73.3 Å². The van der Waals surface area contributed by atoms with E-state index in [1.54, 1.807) is 11.3 Å². The van der Waals surface area contributed by atoms with Gasteiger partial charge in [-0.2, -0.15) is 0 Å². The van der Waals surface area contributed by atoms with Crippen LogP contribution in [0, 0.1) is 0 Å². The molecule has 0 aliphatic carbocycles. The second-order valence-corrected chi connectivity index (χ2v) is 7.99. The molecule has 0 unspecified atom stereocenters. The minimum Gasteiger partial charge on any atom is -0.365 e. The van der Waals surface area contributed by atoms with Gasteiger partial charge in [0.2, 0.25) is 5.91 Å². The number of hydrogen-bond acceptors (Lipinski definition) is 7. The van der Waals surface area contributed by atoms with Crippen molar-refractivity contribution in [3.8, 4) is 10.6 Å². The van der Waals surface area contributed by atoms with E-state index in [0.29, 0.717) is 12.2 Å². The third-order valence-corrected chi connectivity index (χ3v) is 5.67. The summed E-state index contributed by atoms with van der Waals surface area (Å²) in [5.74, 6) is 0.642. The van der Waals surface area contributed by atoms with Crippen LogP contribution in [0.4, 0.5) is 0 Å². The number of rotatable bonds is 11. The fourth-order valence-electron chi connectivity index (χ4n) is 3.30. The third-order valence-electron chi connectivity index (χ3n) is 4.78. The normalized spacial score (nSPS) is 15.8. The number of piperazine rings is 1. The molecule has 0 atom stereocenters. The molecule has 1 aliphatic rings. The molecule has 3 heterocycles. The number of thiophene rings is 1. The van der Waals surface area contributed by atoms with Crippen LogP contribution in [0.5, 0.6) is 0 Å². The van der Waals surface area contributed by atoms with Crippen molar-refractivity contribution in [2.75, 3.05) is 52.4 Å². The zero-order valence-corrected chi connectivity index (χ0v) is 17.4. The highest BCUT2D eigenvalue weighted by Crippen LogP contribution is 2.25. The maximum atomic E-state index is 11.9. The average Bonchev–Trinajstić information content (AvgIpc) is 3.38. The van der Waals surface area contributed by atoms with E-state index in [1.165, 1.54) is 13.0 Å². The molecule has 0 saturated carbocycles. The zero-order valence-electron chi connectivity index (χ0n) is 16.6. The standard InChI is InChI=1S/C20H30N4O3S/c1-2-7-23-9-11-24(12-10-23)8-4-6-21-20(25)16-26-15-17-14-18(27-22-17)19-5-3-13-28-19/h3,5,13-14H,2,4,6-12,15-16H2,1H3,(H,21,25). The Morgan fingerprint density at radius 1 is 1.29 bits per heavy atom. The molecule has 7 nitrogen and oxygen atoms in total. The van der Waals surface area contributed by atoms with Crippen LogP contribution >= 0.6 is 11.3 Å². The molecule has 2 aromatic rings. The van der Waals surface area contributed by atoms with Crippen molar-refractivity contribution in [1.82, 2.24) is 20.3 Å². The van der Waals surface area contributed by atoms with Crippen LogP contribution in [0.2, 0.25) is 0 Å². The van der Waals surface area contributed by atoms with E-state index in [2.05, 4.69) is 27.2 Å². The fourth-order valence-corrected chi connectivity index (χ4v) is 3.97. The first-order valence-electron chi connectivity index (χ1n) is 10.0. The van der Waals surface area contributed by atoms with Crippen molar-refractivity contribution in [3.05, 3.63) is 29.3 Å². The average molecular weight is 407 g/mol. The number of carbonyl (C=O) groups is 1. The molecule has 1 amide bonds. The molecule has 28 heavy (non-hydrogen) atoms. The van der Waals surface area contributed by atoms with Gasteiger partial charge in [-0.1, -0.05) is 18.1 Å². The number of hydrogen-bond donors (Lipinski definition) is 1. The lowest BCUT2D eigenvalue weighted by Crippen LogP contribution is -2.47. The summed E-state index contributed by atoms with van der Waals surface area (Å²) in [6.45, 7) is 10.0. The highest BCUT2D eigenvalue weighted by Gasteiger charge is 2.15. The quantitative estimate of drug-likeness (QED) is 0.578. The maximum absolute atomic E-state index is 11.9. The first-order chi connectivity index (χ1) is 13.7. The monoisotopic (exact) mass is 406 g/mol. The Labute approximate surface area is 170 Å².